The Balaban J connectivity index is 1.33. The molecule has 3 fully saturated rings. The number of carbonyl (C=O) groups is 8. The Labute approximate surface area is 642 Å². The van der Waals surface area contributed by atoms with E-state index in [-0.39, 0.29) is 195 Å². The Bertz CT molecular complexity index is 2670. The number of aliphatic hydroxyl groups excluding tert-OH is 9. The number of aryl methyl sites for hydroxylation is 1. The standard InChI is InChI=1S/C65H110IN8O34P/c1-40(78)71-53-59(89)56(86)45(34-75)105-62(53)102-31-28-96-23-15-68-49(82)10-19-99-37-65(38-100-20-11-50(83)69-16-24-97-29-32-103-63-54(72-41(2)79)60(90)57(87)46(35-76)106-63,39-101-21-12-51(84)70-17-25-98-30-33-104-64-55(73-42(3)80)61(91)58(88)47(36-77)107-64)74-52(85)13-18-94-26-27-95-22-14-67-48(81)9-6-43-4-7-44(8-5-43)108-109(66,92)93/h4-5,7-8,45-47,53-64,75-77,86-91H,6,9-39H2,1-3H3,(H,67,81)(H,68,82)(H,69,83)(H,70,84)(H,71,78)(H,72,79)(H,73,80)(H,74,85)(H,92,93)/t45-,46-,47-,53-,54-,55-,56+,57+,58+,59-,60-,61-,62-,63-,64-/m1/s1. The van der Waals surface area contributed by atoms with Crippen LogP contribution < -0.4 is 47.1 Å². The molecule has 18 N–H and O–H groups in total. The van der Waals surface area contributed by atoms with Gasteiger partial charge in [-0.25, -0.2) is 4.57 Å². The highest BCUT2D eigenvalue weighted by atomic mass is 127. The highest BCUT2D eigenvalue weighted by Crippen LogP contribution is 2.51. The number of rotatable bonds is 57. The quantitative estimate of drug-likeness (QED) is 0.0164. The number of amides is 8. The van der Waals surface area contributed by atoms with Crippen molar-refractivity contribution in [3.05, 3.63) is 29.8 Å². The number of benzene rings is 1. The van der Waals surface area contributed by atoms with Crippen LogP contribution in [-0.4, -0.2) is 367 Å². The van der Waals surface area contributed by atoms with Crippen LogP contribution in [-0.2, 0) is 116 Å². The van der Waals surface area contributed by atoms with Gasteiger partial charge in [-0.2, -0.15) is 0 Å². The highest BCUT2D eigenvalue weighted by molar-refractivity contribution is 14.2. The molecule has 16 atom stereocenters. The number of halogens is 1. The first-order valence-electron chi connectivity index (χ1n) is 35.4. The summed E-state index contributed by atoms with van der Waals surface area (Å²) in [4.78, 5) is 110. The summed E-state index contributed by atoms with van der Waals surface area (Å²) in [6.45, 7) is 0.150. The SMILES string of the molecule is CC(=O)N[C@H]1[C@H](OCCOCCNC(=O)CCOCC(COCCC(=O)NCCOCCO[C@@H]2O[C@H](CO)[C@H](O)[C@H](O)[C@H]2NC(C)=O)(COCCC(=O)NCCOCCO[C@@H]2O[C@H](CO)[C@H](O)[C@H](O)[C@H]2NC(C)=O)NC(=O)CCOCCOCCNC(=O)CCc2ccc(OP(=O)(O)I)cc2)O[C@H](CO)[C@H](O)[C@@H]1O. The minimum Gasteiger partial charge on any atom is -0.418 e. The first-order chi connectivity index (χ1) is 52.1. The minimum absolute atomic E-state index is 0.0126. The van der Waals surface area contributed by atoms with Crippen molar-refractivity contribution in [1.29, 1.82) is 0 Å². The second kappa shape index (κ2) is 53.7. The second-order valence-corrected chi connectivity index (χ2v) is 29.8. The Morgan fingerprint density at radius 3 is 1.02 bits per heavy atom. The van der Waals surface area contributed by atoms with Crippen LogP contribution >= 0.6 is 27.3 Å². The molecule has 4 rings (SSSR count). The van der Waals surface area contributed by atoms with E-state index in [0.717, 1.165) is 5.56 Å². The van der Waals surface area contributed by atoms with E-state index in [9.17, 15) is 93.8 Å². The third-order valence-corrected chi connectivity index (χ3v) is 17.2. The predicted octanol–water partition coefficient (Wildman–Crippen LogP) is -7.57. The van der Waals surface area contributed by atoms with Gasteiger partial charge in [0.1, 0.15) is 84.3 Å². The first-order valence-corrected chi connectivity index (χ1v) is 39.8. The normalized spacial score (nSPS) is 24.7. The Hall–Kier alpha value is -5.22. The zero-order valence-electron chi connectivity index (χ0n) is 61.2. The monoisotopic (exact) mass is 1700 g/mol. The van der Waals surface area contributed by atoms with Crippen molar-refractivity contribution in [1.82, 2.24) is 42.5 Å². The average Bonchev–Trinajstić information content (AvgIpc) is 0.820. The molecule has 1 aromatic carbocycles. The van der Waals surface area contributed by atoms with E-state index in [0.29, 0.717) is 6.42 Å². The molecule has 44 heteroatoms. The number of ether oxygens (including phenoxy) is 14. The summed E-state index contributed by atoms with van der Waals surface area (Å²) in [5.74, 6) is -3.57. The summed E-state index contributed by atoms with van der Waals surface area (Å²) in [6, 6.07) is 2.96. The molecule has 3 saturated heterocycles. The van der Waals surface area contributed by atoms with Crippen LogP contribution in [0.3, 0.4) is 0 Å². The Kier molecular flexibility index (Phi) is 47.4. The molecule has 3 heterocycles. The third kappa shape index (κ3) is 38.9. The maximum absolute atomic E-state index is 13.9. The number of nitrogens with one attached hydrogen (secondary N) is 8. The fourth-order valence-corrected chi connectivity index (χ4v) is 11.8. The van der Waals surface area contributed by atoms with Gasteiger partial charge in [0, 0.05) is 79.1 Å². The number of hydrogen-bond donors (Lipinski definition) is 18. The van der Waals surface area contributed by atoms with Crippen molar-refractivity contribution in [2.45, 2.75) is 157 Å². The largest absolute Gasteiger partial charge is 0.436 e. The van der Waals surface area contributed by atoms with Gasteiger partial charge in [0.15, 0.2) is 18.9 Å². The van der Waals surface area contributed by atoms with Crippen molar-refractivity contribution >= 4 is 74.5 Å². The summed E-state index contributed by atoms with van der Waals surface area (Å²) in [5, 5.41) is 109. The lowest BCUT2D eigenvalue weighted by Gasteiger charge is -2.42. The third-order valence-electron chi connectivity index (χ3n) is 16.1. The first kappa shape index (κ1) is 96.2. The van der Waals surface area contributed by atoms with Gasteiger partial charge < -0.3 is 164 Å². The van der Waals surface area contributed by atoms with Gasteiger partial charge in [0.25, 0.3) is 0 Å². The maximum Gasteiger partial charge on any atom is 0.436 e. The van der Waals surface area contributed by atoms with Gasteiger partial charge >= 0.3 is 5.24 Å². The van der Waals surface area contributed by atoms with Crippen molar-refractivity contribution in [3.8, 4) is 5.75 Å². The van der Waals surface area contributed by atoms with E-state index in [4.69, 9.17) is 70.8 Å². The van der Waals surface area contributed by atoms with Crippen LogP contribution in [0.4, 0.5) is 0 Å². The average molecular weight is 1710 g/mol. The number of carbonyl (C=O) groups excluding carboxylic acids is 8. The van der Waals surface area contributed by atoms with Crippen LogP contribution in [0.2, 0.25) is 0 Å². The lowest BCUT2D eigenvalue weighted by atomic mass is 9.97. The predicted molar refractivity (Wildman–Crippen MR) is 381 cm³/mol. The molecule has 8 amide bonds. The van der Waals surface area contributed by atoms with E-state index in [1.807, 2.05) is 0 Å². The Morgan fingerprint density at radius 2 is 0.706 bits per heavy atom. The minimum atomic E-state index is -3.75. The van der Waals surface area contributed by atoms with Crippen LogP contribution in [0.1, 0.15) is 58.4 Å². The Morgan fingerprint density at radius 1 is 0.413 bits per heavy atom. The second-order valence-electron chi connectivity index (χ2n) is 25.0. The van der Waals surface area contributed by atoms with Crippen LogP contribution in [0, 0.1) is 0 Å². The van der Waals surface area contributed by atoms with Gasteiger partial charge in [-0.15, -0.1) is 0 Å². The lowest BCUT2D eigenvalue weighted by molar-refractivity contribution is -0.272. The summed E-state index contributed by atoms with van der Waals surface area (Å²) in [5.41, 5.74) is -0.744. The van der Waals surface area contributed by atoms with Crippen molar-refractivity contribution in [3.63, 3.8) is 0 Å². The summed E-state index contributed by atoms with van der Waals surface area (Å²) in [6.07, 6.45) is -16.5. The van der Waals surface area contributed by atoms with Crippen molar-refractivity contribution in [2.24, 2.45) is 0 Å². The molecule has 0 bridgehead atoms. The lowest BCUT2D eigenvalue weighted by Crippen LogP contribution is -2.64. The maximum atomic E-state index is 13.9. The van der Waals surface area contributed by atoms with E-state index < -0.39 is 164 Å². The fourth-order valence-electron chi connectivity index (χ4n) is 10.7. The van der Waals surface area contributed by atoms with E-state index in [1.165, 1.54) is 54.9 Å². The van der Waals surface area contributed by atoms with E-state index in [1.54, 1.807) is 12.1 Å². The van der Waals surface area contributed by atoms with Gasteiger partial charge in [-0.3, -0.25) is 38.4 Å². The smallest absolute Gasteiger partial charge is 0.418 e. The molecule has 1 unspecified atom stereocenters. The molecule has 0 radical (unpaired) electrons. The van der Waals surface area contributed by atoms with Gasteiger partial charge in [0.05, 0.1) is 167 Å². The van der Waals surface area contributed by atoms with Crippen LogP contribution in [0.15, 0.2) is 24.3 Å². The molecule has 3 aliphatic rings. The van der Waals surface area contributed by atoms with Crippen LogP contribution in [0.25, 0.3) is 0 Å². The van der Waals surface area contributed by atoms with Crippen LogP contribution in [0.5, 0.6) is 5.75 Å². The molecule has 0 aromatic heterocycles. The topological polar surface area (TPSA) is 591 Å². The van der Waals surface area contributed by atoms with Gasteiger partial charge in [-0.1, -0.05) is 12.1 Å². The molecular weight excluding hydrogens is 1590 g/mol. The summed E-state index contributed by atoms with van der Waals surface area (Å²) >= 11 is 1.31. The van der Waals surface area contributed by atoms with Crippen molar-refractivity contribution in [2.75, 3.05) is 172 Å². The van der Waals surface area contributed by atoms with Gasteiger partial charge in [0.2, 0.25) is 47.3 Å². The number of aliphatic hydroxyl groups is 9. The molecule has 109 heavy (non-hydrogen) atoms. The zero-order chi connectivity index (χ0) is 80.2. The van der Waals surface area contributed by atoms with E-state index >= 15 is 0 Å². The molecule has 0 aliphatic carbocycles. The highest BCUT2D eigenvalue weighted by Gasteiger charge is 2.48. The molecule has 42 nitrogen and oxygen atoms in total. The van der Waals surface area contributed by atoms with Gasteiger partial charge in [-0.05, 0) is 24.1 Å². The molecule has 0 saturated carbocycles. The van der Waals surface area contributed by atoms with Crippen molar-refractivity contribution < 1.29 is 165 Å². The summed E-state index contributed by atoms with van der Waals surface area (Å²) in [7, 11) is 0. The molecule has 1 aromatic rings. The fraction of sp³-hybridized carbons (Fsp3) is 0.785. The molecule has 0 spiro atoms. The molecule has 626 valence electrons. The molecule has 3 aliphatic heterocycles. The summed E-state index contributed by atoms with van der Waals surface area (Å²) < 4.78 is 96.0. The molecular formula is C65H110IN8O34P. The van der Waals surface area contributed by atoms with E-state index in [2.05, 4.69) is 42.5 Å². The zero-order valence-corrected chi connectivity index (χ0v) is 64.2. The number of hydrogen-bond acceptors (Lipinski definition) is 33.